The molecule has 20 nitrogen and oxygen atoms in total. The monoisotopic (exact) mass is 685 g/mol. The topological polar surface area (TPSA) is 364 Å². The highest BCUT2D eigenvalue weighted by atomic mass is 16.8. The number of aliphatic hydroxyl groups is 8. The number of rotatable bonds is 13. The first kappa shape index (κ1) is 38.7. The summed E-state index contributed by atoms with van der Waals surface area (Å²) in [5.74, 6) is -0.985. The van der Waals surface area contributed by atoms with Crippen LogP contribution in [0.5, 0.6) is 0 Å². The molecule has 274 valence electrons. The minimum Gasteiger partial charge on any atom is -0.394 e. The molecule has 1 aliphatic carbocycles. The molecule has 0 spiro atoms. The summed E-state index contributed by atoms with van der Waals surface area (Å²) in [6.45, 7) is -1.47. The minimum absolute atomic E-state index is 0.0567. The third-order valence-electron chi connectivity index (χ3n) is 9.31. The van der Waals surface area contributed by atoms with Crippen LogP contribution >= 0.6 is 0 Å². The molecule has 0 aromatic carbocycles. The summed E-state index contributed by atoms with van der Waals surface area (Å²) in [7, 11) is 0. The van der Waals surface area contributed by atoms with E-state index >= 15 is 0 Å². The lowest BCUT2D eigenvalue weighted by molar-refractivity contribution is -0.313. The Labute approximate surface area is 270 Å². The van der Waals surface area contributed by atoms with Gasteiger partial charge in [0.15, 0.2) is 18.9 Å². The van der Waals surface area contributed by atoms with Crippen molar-refractivity contribution in [1.82, 2.24) is 0 Å². The summed E-state index contributed by atoms with van der Waals surface area (Å²) < 4.78 is 34.9. The predicted molar refractivity (Wildman–Crippen MR) is 155 cm³/mol. The molecule has 4 rings (SSSR count). The second kappa shape index (κ2) is 16.7. The largest absolute Gasteiger partial charge is 0.394 e. The van der Waals surface area contributed by atoms with Gasteiger partial charge in [-0.15, -0.1) is 0 Å². The van der Waals surface area contributed by atoms with Crippen molar-refractivity contribution in [3.05, 3.63) is 0 Å². The average molecular weight is 686 g/mol. The van der Waals surface area contributed by atoms with Crippen molar-refractivity contribution in [2.75, 3.05) is 26.3 Å². The summed E-state index contributed by atoms with van der Waals surface area (Å²) in [4.78, 5) is 12.5. The van der Waals surface area contributed by atoms with Gasteiger partial charge in [0.2, 0.25) is 0 Å². The fraction of sp³-hybridized carbons (Fsp3) is 0.963. The lowest BCUT2D eigenvalue weighted by Gasteiger charge is -2.47. The first-order valence-electron chi connectivity index (χ1n) is 15.7. The molecule has 3 aliphatic heterocycles. The third-order valence-corrected chi connectivity index (χ3v) is 9.31. The van der Waals surface area contributed by atoms with Crippen molar-refractivity contribution >= 4 is 5.78 Å². The van der Waals surface area contributed by atoms with Crippen LogP contribution in [-0.4, -0.2) is 183 Å². The van der Waals surface area contributed by atoms with Gasteiger partial charge in [0.25, 0.3) is 0 Å². The van der Waals surface area contributed by atoms with E-state index in [1.807, 2.05) is 0 Å². The number of aliphatic hydroxyl groups excluding tert-OH is 8. The zero-order valence-electron chi connectivity index (χ0n) is 25.7. The maximum Gasteiger partial charge on any atom is 0.187 e. The Bertz CT molecular complexity index is 1000. The summed E-state index contributed by atoms with van der Waals surface area (Å²) in [5.41, 5.74) is 29.7. The molecule has 4 aliphatic rings. The Morgan fingerprint density at radius 2 is 1.15 bits per heavy atom. The Balaban J connectivity index is 1.56. The van der Waals surface area contributed by atoms with Crippen molar-refractivity contribution in [3.8, 4) is 0 Å². The van der Waals surface area contributed by atoms with Crippen molar-refractivity contribution in [3.63, 3.8) is 0 Å². The molecule has 3 heterocycles. The van der Waals surface area contributed by atoms with Crippen LogP contribution in [0.4, 0.5) is 0 Å². The molecule has 0 aromatic heterocycles. The number of ether oxygens (including phenoxy) is 6. The zero-order chi connectivity index (χ0) is 34.7. The van der Waals surface area contributed by atoms with Crippen molar-refractivity contribution in [1.29, 1.82) is 0 Å². The van der Waals surface area contributed by atoms with Crippen molar-refractivity contribution in [2.45, 2.75) is 130 Å². The van der Waals surface area contributed by atoms with Crippen molar-refractivity contribution < 1.29 is 74.1 Å². The average Bonchev–Trinajstić information content (AvgIpc) is 3.34. The second-order valence-electron chi connectivity index (χ2n) is 12.6. The second-order valence-corrected chi connectivity index (χ2v) is 12.6. The van der Waals surface area contributed by atoms with Gasteiger partial charge in [0, 0.05) is 25.4 Å². The van der Waals surface area contributed by atoms with Crippen LogP contribution in [0.25, 0.3) is 0 Å². The van der Waals surface area contributed by atoms with Crippen molar-refractivity contribution in [2.24, 2.45) is 34.6 Å². The van der Waals surface area contributed by atoms with Crippen LogP contribution in [0, 0.1) is 5.92 Å². The molecule has 4 fully saturated rings. The van der Waals surface area contributed by atoms with E-state index in [1.54, 1.807) is 0 Å². The van der Waals surface area contributed by atoms with Gasteiger partial charge in [-0.2, -0.15) is 0 Å². The molecule has 0 radical (unpaired) electrons. The van der Waals surface area contributed by atoms with Gasteiger partial charge in [-0.05, 0) is 18.9 Å². The van der Waals surface area contributed by atoms with E-state index < -0.39 is 129 Å². The quantitative estimate of drug-likeness (QED) is 0.0855. The van der Waals surface area contributed by atoms with Gasteiger partial charge in [-0.1, -0.05) is 0 Å². The zero-order valence-corrected chi connectivity index (χ0v) is 25.7. The molecule has 0 amide bonds. The van der Waals surface area contributed by atoms with E-state index in [4.69, 9.17) is 57.1 Å². The summed E-state index contributed by atoms with van der Waals surface area (Å²) in [5, 5.41) is 83.6. The van der Waals surface area contributed by atoms with Crippen LogP contribution in [0.1, 0.15) is 19.3 Å². The molecule has 3 saturated heterocycles. The fourth-order valence-electron chi connectivity index (χ4n) is 6.52. The Morgan fingerprint density at radius 1 is 0.638 bits per heavy atom. The Kier molecular flexibility index (Phi) is 13.8. The first-order chi connectivity index (χ1) is 22.3. The summed E-state index contributed by atoms with van der Waals surface area (Å²) >= 11 is 0. The molecule has 18 N–H and O–H groups in total. The van der Waals surface area contributed by atoms with Gasteiger partial charge in [-0.25, -0.2) is 0 Å². The first-order valence-corrected chi connectivity index (χ1v) is 15.7. The lowest BCUT2D eigenvalue weighted by atomic mass is 9.77. The highest BCUT2D eigenvalue weighted by Gasteiger charge is 2.54. The van der Waals surface area contributed by atoms with Crippen LogP contribution in [0.15, 0.2) is 0 Å². The number of hydrogen-bond acceptors (Lipinski definition) is 20. The van der Waals surface area contributed by atoms with Crippen LogP contribution in [0.3, 0.4) is 0 Å². The normalized spacial score (nSPS) is 49.3. The molecule has 0 bridgehead atoms. The number of ketones is 1. The standard InChI is InChI=1S/C27H51N5O15/c28-2-1-9(35)3-8-4-10(30)22(45-26-15(32)20(40)18(38)12(6-33)43-26)24(16(8)36)47-27-21(41)23(13(7-34)44-27)46-25-14(31)19(39)17(37)11(5-29)42-25/h8,10-27,33-34,36-41H,1-7,28-32H2/t8-,10+,11+,12-,13-,14-,15-,16+,17-,18-,19-,20-,21-,22-,23-,24-,25-,26-,27+/m1/s1. The molecular weight excluding hydrogens is 634 g/mol. The smallest absolute Gasteiger partial charge is 0.187 e. The molecule has 1 saturated carbocycles. The Hall–Kier alpha value is -1.09. The van der Waals surface area contributed by atoms with Gasteiger partial charge in [0.1, 0.15) is 72.9 Å². The van der Waals surface area contributed by atoms with Gasteiger partial charge in [0.05, 0.1) is 31.4 Å². The predicted octanol–water partition coefficient (Wildman–Crippen LogP) is -8.26. The van der Waals surface area contributed by atoms with Crippen LogP contribution in [-0.2, 0) is 33.2 Å². The molecule has 0 aromatic rings. The highest BCUT2D eigenvalue weighted by Crippen LogP contribution is 2.37. The summed E-state index contributed by atoms with van der Waals surface area (Å²) in [6, 6.07) is -3.55. The van der Waals surface area contributed by atoms with Crippen LogP contribution < -0.4 is 28.7 Å². The van der Waals surface area contributed by atoms with E-state index in [1.165, 1.54) is 0 Å². The number of hydrogen-bond donors (Lipinski definition) is 13. The molecule has 0 unspecified atom stereocenters. The third kappa shape index (κ3) is 8.28. The van der Waals surface area contributed by atoms with E-state index in [0.29, 0.717) is 0 Å². The van der Waals surface area contributed by atoms with E-state index in [2.05, 4.69) is 0 Å². The number of Topliss-reactive ketones (excluding diaryl/α,β-unsaturated/α-hetero) is 1. The van der Waals surface area contributed by atoms with E-state index in [0.717, 1.165) is 0 Å². The SMILES string of the molecule is NCCC(=O)C[C@@H]1C[C@H](N)[C@@H](O[C@H]2O[C@H](CO)[C@@H](O)[C@H](O)[C@H]2N)[C@H](O[C@@H]2O[C@H](CO)[C@@H](O[C@H]3O[C@@H](CN)[C@@H](O)[C@H](O)[C@H]3N)[C@H]2O)[C@H]1O. The fourth-order valence-corrected chi connectivity index (χ4v) is 6.52. The maximum absolute atomic E-state index is 12.5. The lowest BCUT2D eigenvalue weighted by Crippen LogP contribution is -2.66. The molecule has 47 heavy (non-hydrogen) atoms. The molecule has 19 atom stereocenters. The van der Waals surface area contributed by atoms with E-state index in [-0.39, 0.29) is 38.1 Å². The molecular formula is C27H51N5O15. The van der Waals surface area contributed by atoms with Gasteiger partial charge in [-0.3, -0.25) is 4.79 Å². The maximum atomic E-state index is 12.5. The van der Waals surface area contributed by atoms with Crippen LogP contribution in [0.2, 0.25) is 0 Å². The molecule has 20 heteroatoms. The number of nitrogens with two attached hydrogens (primary N) is 5. The number of carbonyl (C=O) groups is 1. The highest BCUT2D eigenvalue weighted by molar-refractivity contribution is 5.78. The van der Waals surface area contributed by atoms with Gasteiger partial charge >= 0.3 is 0 Å². The number of carbonyl (C=O) groups excluding carboxylic acids is 1. The van der Waals surface area contributed by atoms with Gasteiger partial charge < -0.3 is 97.9 Å². The summed E-state index contributed by atoms with van der Waals surface area (Å²) in [6.07, 6.45) is -21.2. The minimum atomic E-state index is -1.67. The van der Waals surface area contributed by atoms with E-state index in [9.17, 15) is 45.6 Å². The Morgan fingerprint density at radius 3 is 1.70 bits per heavy atom.